The van der Waals surface area contributed by atoms with Crippen LogP contribution in [0, 0.1) is 6.92 Å². The van der Waals surface area contributed by atoms with Gasteiger partial charge in [0.2, 0.25) is 0 Å². The van der Waals surface area contributed by atoms with Gasteiger partial charge in [-0.2, -0.15) is 0 Å². The van der Waals surface area contributed by atoms with Crippen molar-refractivity contribution < 1.29 is 23.6 Å². The molecule has 152 valence electrons. The van der Waals surface area contributed by atoms with Gasteiger partial charge >= 0.3 is 6.09 Å². The van der Waals surface area contributed by atoms with Gasteiger partial charge in [-0.25, -0.2) is 4.79 Å². The third-order valence-electron chi connectivity index (χ3n) is 3.45. The number of hydrogen-bond donors (Lipinski definition) is 3. The molecule has 0 saturated carbocycles. The number of aryl methyl sites for hydroxylation is 1. The number of carbonyl (C=O) groups excluding carboxylic acids is 3. The molecule has 0 aliphatic carbocycles. The SMILES string of the molecule is Cc1cc(CNC(=O)c2cccn2NC(=O)C(C)NC(=O)OC(C)(C)C)no1. The van der Waals surface area contributed by atoms with Crippen LogP contribution in [0.4, 0.5) is 4.79 Å². The van der Waals surface area contributed by atoms with Crippen LogP contribution in [0.25, 0.3) is 0 Å². The number of amides is 3. The molecule has 2 aromatic heterocycles. The van der Waals surface area contributed by atoms with E-state index in [0.29, 0.717) is 11.5 Å². The molecule has 2 rings (SSSR count). The van der Waals surface area contributed by atoms with Crippen molar-refractivity contribution in [3.05, 3.63) is 41.5 Å². The zero-order valence-electron chi connectivity index (χ0n) is 16.5. The van der Waals surface area contributed by atoms with E-state index in [1.807, 2.05) is 0 Å². The van der Waals surface area contributed by atoms with E-state index in [9.17, 15) is 14.4 Å². The Kier molecular flexibility index (Phi) is 6.45. The smallest absolute Gasteiger partial charge is 0.408 e. The molecular formula is C18H25N5O5. The molecule has 0 aliphatic rings. The number of ether oxygens (including phenoxy) is 1. The first-order valence-electron chi connectivity index (χ1n) is 8.73. The fourth-order valence-electron chi connectivity index (χ4n) is 2.19. The van der Waals surface area contributed by atoms with Crippen LogP contribution in [0.2, 0.25) is 0 Å². The zero-order chi connectivity index (χ0) is 20.9. The van der Waals surface area contributed by atoms with Crippen LogP contribution in [0.3, 0.4) is 0 Å². The second-order valence-corrected chi connectivity index (χ2v) is 7.22. The molecule has 0 bridgehead atoms. The number of nitrogens with zero attached hydrogens (tertiary/aromatic N) is 2. The van der Waals surface area contributed by atoms with E-state index in [1.165, 1.54) is 17.8 Å². The van der Waals surface area contributed by atoms with Crippen molar-refractivity contribution in [3.8, 4) is 0 Å². The molecule has 0 aromatic carbocycles. The first kappa shape index (κ1) is 21.0. The number of nitrogens with one attached hydrogen (secondary N) is 3. The number of rotatable bonds is 6. The van der Waals surface area contributed by atoms with E-state index >= 15 is 0 Å². The maximum Gasteiger partial charge on any atom is 0.408 e. The van der Waals surface area contributed by atoms with Gasteiger partial charge in [-0.3, -0.25) is 19.7 Å². The molecule has 0 radical (unpaired) electrons. The van der Waals surface area contributed by atoms with Gasteiger partial charge in [0, 0.05) is 12.3 Å². The summed E-state index contributed by atoms with van der Waals surface area (Å²) in [6.45, 7) is 8.62. The summed E-state index contributed by atoms with van der Waals surface area (Å²) in [5.74, 6) is -0.270. The van der Waals surface area contributed by atoms with Crippen LogP contribution < -0.4 is 16.1 Å². The topological polar surface area (TPSA) is 127 Å². The maximum absolute atomic E-state index is 12.4. The van der Waals surface area contributed by atoms with Gasteiger partial charge < -0.3 is 19.9 Å². The minimum atomic E-state index is -0.869. The van der Waals surface area contributed by atoms with Crippen molar-refractivity contribution in [2.75, 3.05) is 5.43 Å². The molecule has 0 aliphatic heterocycles. The van der Waals surface area contributed by atoms with Crippen LogP contribution in [-0.4, -0.2) is 39.4 Å². The predicted octanol–water partition coefficient (Wildman–Crippen LogP) is 1.70. The summed E-state index contributed by atoms with van der Waals surface area (Å²) in [7, 11) is 0. The summed E-state index contributed by atoms with van der Waals surface area (Å²) < 4.78 is 11.3. The van der Waals surface area contributed by atoms with Crippen LogP contribution in [0.1, 0.15) is 49.6 Å². The molecule has 3 amide bonds. The number of aromatic nitrogens is 2. The number of alkyl carbamates (subject to hydrolysis) is 1. The number of carbonyl (C=O) groups is 3. The Hall–Kier alpha value is -3.30. The highest BCUT2D eigenvalue weighted by Gasteiger charge is 2.22. The summed E-state index contributed by atoms with van der Waals surface area (Å²) in [5.41, 5.74) is 2.69. The lowest BCUT2D eigenvalue weighted by atomic mass is 10.2. The Morgan fingerprint density at radius 3 is 2.64 bits per heavy atom. The summed E-state index contributed by atoms with van der Waals surface area (Å²) in [6.07, 6.45) is 0.816. The van der Waals surface area contributed by atoms with Crippen LogP contribution in [0.5, 0.6) is 0 Å². The molecule has 28 heavy (non-hydrogen) atoms. The molecule has 2 heterocycles. The fraction of sp³-hybridized carbons (Fsp3) is 0.444. The average molecular weight is 391 g/mol. The van der Waals surface area contributed by atoms with Gasteiger partial charge in [0.1, 0.15) is 28.8 Å². The molecule has 2 aromatic rings. The molecule has 1 unspecified atom stereocenters. The van der Waals surface area contributed by atoms with E-state index in [-0.39, 0.29) is 12.2 Å². The normalized spacial score (nSPS) is 12.2. The number of hydrogen-bond acceptors (Lipinski definition) is 6. The van der Waals surface area contributed by atoms with Gasteiger partial charge in [-0.1, -0.05) is 5.16 Å². The van der Waals surface area contributed by atoms with Crippen molar-refractivity contribution in [1.29, 1.82) is 0 Å². The molecular weight excluding hydrogens is 366 g/mol. The highest BCUT2D eigenvalue weighted by Crippen LogP contribution is 2.07. The van der Waals surface area contributed by atoms with Crippen molar-refractivity contribution in [1.82, 2.24) is 20.5 Å². The summed E-state index contributed by atoms with van der Waals surface area (Å²) in [6, 6.07) is 4.01. The van der Waals surface area contributed by atoms with E-state index in [1.54, 1.807) is 45.9 Å². The summed E-state index contributed by atoms with van der Waals surface area (Å²) in [4.78, 5) is 36.4. The van der Waals surface area contributed by atoms with E-state index in [2.05, 4.69) is 21.2 Å². The first-order valence-corrected chi connectivity index (χ1v) is 8.73. The molecule has 0 saturated heterocycles. The lowest BCUT2D eigenvalue weighted by Crippen LogP contribution is -2.46. The van der Waals surface area contributed by atoms with Crippen molar-refractivity contribution in [2.45, 2.75) is 52.8 Å². The fourth-order valence-corrected chi connectivity index (χ4v) is 2.19. The Morgan fingerprint density at radius 2 is 2.04 bits per heavy atom. The van der Waals surface area contributed by atoms with E-state index in [4.69, 9.17) is 9.26 Å². The Morgan fingerprint density at radius 1 is 1.32 bits per heavy atom. The highest BCUT2D eigenvalue weighted by molar-refractivity contribution is 5.95. The minimum Gasteiger partial charge on any atom is -0.444 e. The summed E-state index contributed by atoms with van der Waals surface area (Å²) >= 11 is 0. The quantitative estimate of drug-likeness (QED) is 0.688. The second-order valence-electron chi connectivity index (χ2n) is 7.22. The van der Waals surface area contributed by atoms with Gasteiger partial charge in [-0.15, -0.1) is 0 Å². The standard InChI is InChI=1S/C18H25N5O5/c1-11-9-13(22-28-11)10-19-16(25)14-7-6-8-23(14)21-15(24)12(2)20-17(26)27-18(3,4)5/h6-9,12H,10H2,1-5H3,(H,19,25)(H,20,26)(H,21,24). The molecule has 0 spiro atoms. The van der Waals surface area contributed by atoms with Crippen molar-refractivity contribution in [2.24, 2.45) is 0 Å². The lowest BCUT2D eigenvalue weighted by molar-refractivity contribution is -0.118. The highest BCUT2D eigenvalue weighted by atomic mass is 16.6. The predicted molar refractivity (Wildman–Crippen MR) is 100 cm³/mol. The van der Waals surface area contributed by atoms with Crippen molar-refractivity contribution in [3.63, 3.8) is 0 Å². The molecule has 0 fully saturated rings. The molecule has 1 atom stereocenters. The first-order chi connectivity index (χ1) is 13.0. The molecule has 10 nitrogen and oxygen atoms in total. The van der Waals surface area contributed by atoms with Crippen LogP contribution in [0.15, 0.2) is 28.9 Å². The molecule has 10 heteroatoms. The Labute approximate surface area is 162 Å². The van der Waals surface area contributed by atoms with Crippen LogP contribution >= 0.6 is 0 Å². The maximum atomic E-state index is 12.4. The zero-order valence-corrected chi connectivity index (χ0v) is 16.5. The van der Waals surface area contributed by atoms with E-state index < -0.39 is 29.6 Å². The average Bonchev–Trinajstić information content (AvgIpc) is 3.19. The van der Waals surface area contributed by atoms with Gasteiger partial charge in [0.05, 0.1) is 6.54 Å². The Bertz CT molecular complexity index is 849. The van der Waals surface area contributed by atoms with E-state index in [0.717, 1.165) is 0 Å². The van der Waals surface area contributed by atoms with Gasteiger partial charge in [-0.05, 0) is 46.8 Å². The molecule has 3 N–H and O–H groups in total. The van der Waals surface area contributed by atoms with Crippen molar-refractivity contribution >= 4 is 17.9 Å². The minimum absolute atomic E-state index is 0.186. The van der Waals surface area contributed by atoms with Crippen LogP contribution in [-0.2, 0) is 16.1 Å². The Balaban J connectivity index is 1.92. The second kappa shape index (κ2) is 8.59. The third kappa shape index (κ3) is 6.15. The van der Waals surface area contributed by atoms with Gasteiger partial charge in [0.15, 0.2) is 0 Å². The lowest BCUT2D eigenvalue weighted by Gasteiger charge is -2.22. The third-order valence-corrected chi connectivity index (χ3v) is 3.45. The largest absolute Gasteiger partial charge is 0.444 e. The summed E-state index contributed by atoms with van der Waals surface area (Å²) in [5, 5.41) is 8.93. The van der Waals surface area contributed by atoms with Gasteiger partial charge in [0.25, 0.3) is 11.8 Å². The monoisotopic (exact) mass is 391 g/mol.